The maximum absolute atomic E-state index is 13.4. The lowest BCUT2D eigenvalue weighted by atomic mass is 9.69. The number of hydrogen-bond acceptors (Lipinski definition) is 4. The Balaban J connectivity index is 1.68. The second kappa shape index (κ2) is 4.86. The number of hydrogen-bond donors (Lipinski definition) is 2. The molecule has 2 fully saturated rings. The average Bonchev–Trinajstić information content (AvgIpc) is 3.01. The molecule has 5 heteroatoms. The smallest absolute Gasteiger partial charge is 0.239 e. The van der Waals surface area contributed by atoms with Gasteiger partial charge in [-0.05, 0) is 42.9 Å². The van der Waals surface area contributed by atoms with Gasteiger partial charge in [-0.1, -0.05) is 18.2 Å². The Hall–Kier alpha value is -1.85. The zero-order valence-electron chi connectivity index (χ0n) is 14.6. The number of anilines is 1. The van der Waals surface area contributed by atoms with Gasteiger partial charge in [0.2, 0.25) is 5.91 Å². The summed E-state index contributed by atoms with van der Waals surface area (Å²) < 4.78 is 0. The Morgan fingerprint density at radius 3 is 2.84 bits per heavy atom. The molecule has 1 amide bonds. The summed E-state index contributed by atoms with van der Waals surface area (Å²) in [6.45, 7) is 1.90. The van der Waals surface area contributed by atoms with Crippen molar-refractivity contribution in [1.29, 1.82) is 0 Å². The van der Waals surface area contributed by atoms with Gasteiger partial charge in [-0.3, -0.25) is 4.79 Å². The van der Waals surface area contributed by atoms with Crippen LogP contribution in [0.15, 0.2) is 36.0 Å². The van der Waals surface area contributed by atoms with E-state index in [1.165, 1.54) is 0 Å². The molecule has 4 bridgehead atoms. The summed E-state index contributed by atoms with van der Waals surface area (Å²) in [6.07, 6.45) is 3.16. The molecule has 5 aliphatic rings. The number of likely N-dealkylation sites (N-methyl/N-ethyl adjacent to an activating group) is 1. The molecule has 5 nitrogen and oxygen atoms in total. The molecule has 1 spiro atoms. The SMILES string of the molecule is C[C@H](O)C1=CN2[C@H]3C[C@@H]1[C@@H](CO)[C@@H]2C[C@@]31C(=O)N(C)c2ccccc21. The lowest BCUT2D eigenvalue weighted by Gasteiger charge is -2.51. The Morgan fingerprint density at radius 1 is 1.36 bits per heavy atom. The summed E-state index contributed by atoms with van der Waals surface area (Å²) in [7, 11) is 1.87. The number of carbonyl (C=O) groups is 1. The first-order valence-electron chi connectivity index (χ1n) is 9.16. The molecular formula is C20H24N2O3. The molecule has 0 aromatic heterocycles. The maximum atomic E-state index is 13.4. The normalized spacial score (nSPS) is 39.2. The quantitative estimate of drug-likeness (QED) is 0.851. The number of aliphatic hydroxyl groups excluding tert-OH is 2. The number of para-hydroxylation sites is 1. The molecule has 2 saturated heterocycles. The zero-order chi connectivity index (χ0) is 17.5. The predicted octanol–water partition coefficient (Wildman–Crippen LogP) is 1.25. The molecule has 6 atom stereocenters. The van der Waals surface area contributed by atoms with Crippen molar-refractivity contribution in [2.24, 2.45) is 11.8 Å². The highest BCUT2D eigenvalue weighted by atomic mass is 16.3. The third kappa shape index (κ3) is 1.64. The van der Waals surface area contributed by atoms with Crippen LogP contribution in [0, 0.1) is 11.8 Å². The van der Waals surface area contributed by atoms with Gasteiger partial charge in [0, 0.05) is 43.5 Å². The van der Waals surface area contributed by atoms with Gasteiger partial charge in [0.1, 0.15) is 0 Å². The number of aliphatic hydroxyl groups is 2. The van der Waals surface area contributed by atoms with Crippen LogP contribution in [-0.2, 0) is 10.2 Å². The van der Waals surface area contributed by atoms with E-state index < -0.39 is 11.5 Å². The standard InChI is InChI=1S/C20H24N2O3/c1-11(24)13-9-22-17-8-20(18(22)7-12(13)14(17)10-23)15-5-3-4-6-16(15)21(2)19(20)25/h3-6,9,11-12,14,17-18,23-24H,7-8,10H2,1-2H3/t11-,12-,14+,17-,18-,20-/m0/s1. The summed E-state index contributed by atoms with van der Waals surface area (Å²) in [4.78, 5) is 17.5. The molecule has 25 heavy (non-hydrogen) atoms. The molecule has 1 aromatic rings. The van der Waals surface area contributed by atoms with Crippen LogP contribution in [0.4, 0.5) is 5.69 Å². The lowest BCUT2D eigenvalue weighted by Crippen LogP contribution is -2.56. The maximum Gasteiger partial charge on any atom is 0.239 e. The van der Waals surface area contributed by atoms with Gasteiger partial charge < -0.3 is 20.0 Å². The molecular weight excluding hydrogens is 316 g/mol. The van der Waals surface area contributed by atoms with Crippen molar-refractivity contribution in [2.75, 3.05) is 18.6 Å². The zero-order valence-corrected chi connectivity index (χ0v) is 14.6. The van der Waals surface area contributed by atoms with Crippen LogP contribution in [0.5, 0.6) is 0 Å². The Morgan fingerprint density at radius 2 is 2.12 bits per heavy atom. The molecule has 5 aliphatic heterocycles. The largest absolute Gasteiger partial charge is 0.396 e. The van der Waals surface area contributed by atoms with Crippen LogP contribution in [0.25, 0.3) is 0 Å². The van der Waals surface area contributed by atoms with E-state index in [1.54, 1.807) is 11.8 Å². The van der Waals surface area contributed by atoms with Gasteiger partial charge in [-0.2, -0.15) is 0 Å². The number of rotatable bonds is 2. The molecule has 2 N–H and O–H groups in total. The minimum atomic E-state index is -0.515. The lowest BCUT2D eigenvalue weighted by molar-refractivity contribution is -0.124. The highest BCUT2D eigenvalue weighted by molar-refractivity contribution is 6.08. The van der Waals surface area contributed by atoms with Crippen molar-refractivity contribution in [3.05, 3.63) is 41.6 Å². The summed E-state index contributed by atoms with van der Waals surface area (Å²) in [6, 6.07) is 8.41. The van der Waals surface area contributed by atoms with Gasteiger partial charge in [-0.25, -0.2) is 0 Å². The van der Waals surface area contributed by atoms with E-state index in [1.807, 2.05) is 25.2 Å². The van der Waals surface area contributed by atoms with Crippen LogP contribution in [0.1, 0.15) is 25.3 Å². The van der Waals surface area contributed by atoms with Crippen molar-refractivity contribution < 1.29 is 15.0 Å². The van der Waals surface area contributed by atoms with Gasteiger partial charge in [0.05, 0.1) is 11.5 Å². The van der Waals surface area contributed by atoms with Crippen LogP contribution in [0.2, 0.25) is 0 Å². The van der Waals surface area contributed by atoms with Crippen LogP contribution >= 0.6 is 0 Å². The van der Waals surface area contributed by atoms with E-state index >= 15 is 0 Å². The molecule has 5 heterocycles. The highest BCUT2D eigenvalue weighted by Crippen LogP contribution is 2.61. The van der Waals surface area contributed by atoms with Crippen LogP contribution in [-0.4, -0.2) is 52.9 Å². The van der Waals surface area contributed by atoms with E-state index in [2.05, 4.69) is 17.2 Å². The van der Waals surface area contributed by atoms with E-state index in [9.17, 15) is 15.0 Å². The van der Waals surface area contributed by atoms with Crippen LogP contribution < -0.4 is 4.90 Å². The van der Waals surface area contributed by atoms with E-state index in [-0.39, 0.29) is 36.4 Å². The number of fused-ring (bicyclic) bond motifs is 2. The molecule has 132 valence electrons. The third-order valence-corrected chi connectivity index (χ3v) is 7.18. The number of nitrogens with zero attached hydrogens (tertiary/aromatic N) is 2. The van der Waals surface area contributed by atoms with Gasteiger partial charge in [-0.15, -0.1) is 0 Å². The Kier molecular flexibility index (Phi) is 3.00. The number of benzene rings is 1. The fourth-order valence-corrected chi connectivity index (χ4v) is 6.13. The van der Waals surface area contributed by atoms with Crippen molar-refractivity contribution in [3.8, 4) is 0 Å². The van der Waals surface area contributed by atoms with Gasteiger partial charge >= 0.3 is 0 Å². The summed E-state index contributed by atoms with van der Waals surface area (Å²) >= 11 is 0. The van der Waals surface area contributed by atoms with Crippen molar-refractivity contribution in [1.82, 2.24) is 4.90 Å². The average molecular weight is 340 g/mol. The third-order valence-electron chi connectivity index (χ3n) is 7.18. The molecule has 0 radical (unpaired) electrons. The monoisotopic (exact) mass is 340 g/mol. The minimum Gasteiger partial charge on any atom is -0.396 e. The summed E-state index contributed by atoms with van der Waals surface area (Å²) in [5.41, 5.74) is 2.64. The van der Waals surface area contributed by atoms with Crippen molar-refractivity contribution in [2.45, 2.75) is 43.4 Å². The number of amides is 1. The van der Waals surface area contributed by atoms with Crippen molar-refractivity contribution in [3.63, 3.8) is 0 Å². The highest BCUT2D eigenvalue weighted by Gasteiger charge is 2.67. The first-order chi connectivity index (χ1) is 12.0. The fourth-order valence-electron chi connectivity index (χ4n) is 6.13. The summed E-state index contributed by atoms with van der Waals surface area (Å²) in [5.74, 6) is 0.434. The molecule has 1 aromatic carbocycles. The summed E-state index contributed by atoms with van der Waals surface area (Å²) in [5, 5.41) is 20.2. The molecule has 0 unspecified atom stereocenters. The fraction of sp³-hybridized carbons (Fsp3) is 0.550. The topological polar surface area (TPSA) is 64.0 Å². The first kappa shape index (κ1) is 15.4. The van der Waals surface area contributed by atoms with Gasteiger partial charge in [0.15, 0.2) is 0 Å². The second-order valence-corrected chi connectivity index (χ2v) is 8.08. The molecule has 6 rings (SSSR count). The second-order valence-electron chi connectivity index (χ2n) is 8.08. The molecule has 0 saturated carbocycles. The predicted molar refractivity (Wildman–Crippen MR) is 94.0 cm³/mol. The van der Waals surface area contributed by atoms with Crippen LogP contribution in [0.3, 0.4) is 0 Å². The number of piperidine rings is 1. The Labute approximate surface area is 147 Å². The molecule has 0 aliphatic carbocycles. The van der Waals surface area contributed by atoms with E-state index in [0.29, 0.717) is 0 Å². The minimum absolute atomic E-state index is 0.0936. The van der Waals surface area contributed by atoms with E-state index in [0.717, 1.165) is 29.7 Å². The Bertz CT molecular complexity index is 789. The first-order valence-corrected chi connectivity index (χ1v) is 9.16. The van der Waals surface area contributed by atoms with Gasteiger partial charge in [0.25, 0.3) is 0 Å². The van der Waals surface area contributed by atoms with E-state index in [4.69, 9.17) is 0 Å². The number of carbonyl (C=O) groups excluding carboxylic acids is 1. The van der Waals surface area contributed by atoms with Crippen molar-refractivity contribution >= 4 is 11.6 Å².